The minimum Gasteiger partial charge on any atom is -0.481 e. The summed E-state index contributed by atoms with van der Waals surface area (Å²) in [5.74, 6) is -0.164. The first-order chi connectivity index (χ1) is 7.09. The molecule has 3 nitrogen and oxygen atoms in total. The van der Waals surface area contributed by atoms with Gasteiger partial charge in [-0.25, -0.2) is 0 Å². The Balaban J connectivity index is 2.24. The number of hydrogen-bond acceptors (Lipinski definition) is 1. The van der Waals surface area contributed by atoms with Crippen molar-refractivity contribution in [2.75, 3.05) is 0 Å². The molecule has 0 aromatic carbocycles. The van der Waals surface area contributed by atoms with Crippen molar-refractivity contribution in [3.8, 4) is 0 Å². The first-order valence-corrected chi connectivity index (χ1v) is 5.43. The topological polar surface area (TPSA) is 42.2 Å². The van der Waals surface area contributed by atoms with Crippen molar-refractivity contribution in [1.82, 2.24) is 4.57 Å². The van der Waals surface area contributed by atoms with Crippen LogP contribution < -0.4 is 0 Å². The molecule has 0 spiro atoms. The van der Waals surface area contributed by atoms with Crippen LogP contribution in [0.4, 0.5) is 0 Å². The maximum Gasteiger partial charge on any atom is 0.303 e. The lowest BCUT2D eigenvalue weighted by molar-refractivity contribution is -0.137. The summed E-state index contributed by atoms with van der Waals surface area (Å²) >= 11 is 0. The molecule has 0 saturated heterocycles. The number of aryl methyl sites for hydroxylation is 1. The van der Waals surface area contributed by atoms with Crippen molar-refractivity contribution in [2.24, 2.45) is 7.05 Å². The monoisotopic (exact) mass is 209 g/mol. The van der Waals surface area contributed by atoms with Crippen LogP contribution in [0.3, 0.4) is 0 Å². The molecule has 1 unspecified atom stereocenters. The van der Waals surface area contributed by atoms with Gasteiger partial charge in [-0.05, 0) is 30.4 Å². The summed E-state index contributed by atoms with van der Waals surface area (Å²) in [7, 11) is 2.01. The van der Waals surface area contributed by atoms with Crippen molar-refractivity contribution in [2.45, 2.75) is 38.5 Å². The second kappa shape index (κ2) is 5.59. The van der Waals surface area contributed by atoms with Gasteiger partial charge in [0.2, 0.25) is 0 Å². The standard InChI is InChI=1S/C12H19NO2/c1-10(5-3-4-6-12(14)15)11-7-8-13(2)9-11/h7-10H,3-6H2,1-2H3,(H,14,15). The van der Waals surface area contributed by atoms with Gasteiger partial charge in [0, 0.05) is 25.9 Å². The molecule has 0 bridgehead atoms. The molecule has 0 aliphatic carbocycles. The highest BCUT2D eigenvalue weighted by Crippen LogP contribution is 2.21. The number of carbonyl (C=O) groups is 1. The van der Waals surface area contributed by atoms with Crippen LogP contribution in [0.1, 0.15) is 44.1 Å². The van der Waals surface area contributed by atoms with Gasteiger partial charge in [0.05, 0.1) is 0 Å². The SMILES string of the molecule is CC(CCCCC(=O)O)c1ccn(C)c1. The molecule has 0 aliphatic rings. The van der Waals surface area contributed by atoms with E-state index in [0.717, 1.165) is 19.3 Å². The molecule has 15 heavy (non-hydrogen) atoms. The molecule has 1 aromatic heterocycles. The van der Waals surface area contributed by atoms with Crippen LogP contribution in [0.2, 0.25) is 0 Å². The van der Waals surface area contributed by atoms with Gasteiger partial charge in [-0.15, -0.1) is 0 Å². The van der Waals surface area contributed by atoms with Gasteiger partial charge in [0.1, 0.15) is 0 Å². The Morgan fingerprint density at radius 3 is 2.80 bits per heavy atom. The van der Waals surface area contributed by atoms with Crippen LogP contribution >= 0.6 is 0 Å². The second-order valence-corrected chi connectivity index (χ2v) is 4.15. The Hall–Kier alpha value is -1.25. The molecule has 1 aromatic rings. The van der Waals surface area contributed by atoms with Gasteiger partial charge in [0.15, 0.2) is 0 Å². The number of hydrogen-bond donors (Lipinski definition) is 1. The normalized spacial score (nSPS) is 12.7. The highest BCUT2D eigenvalue weighted by molar-refractivity contribution is 5.66. The second-order valence-electron chi connectivity index (χ2n) is 4.15. The summed E-state index contributed by atoms with van der Waals surface area (Å²) in [5, 5.41) is 8.50. The molecule has 0 fully saturated rings. The number of rotatable bonds is 6. The van der Waals surface area contributed by atoms with E-state index in [2.05, 4.69) is 19.2 Å². The number of unbranched alkanes of at least 4 members (excludes halogenated alkanes) is 1. The van der Waals surface area contributed by atoms with E-state index in [1.54, 1.807) is 0 Å². The Bertz CT molecular complexity index is 317. The number of aromatic nitrogens is 1. The highest BCUT2D eigenvalue weighted by atomic mass is 16.4. The summed E-state index contributed by atoms with van der Waals surface area (Å²) in [6.07, 6.45) is 7.30. The van der Waals surface area contributed by atoms with Gasteiger partial charge >= 0.3 is 5.97 Å². The minimum atomic E-state index is -0.692. The van der Waals surface area contributed by atoms with Crippen LogP contribution in [0, 0.1) is 0 Å². The fraction of sp³-hybridized carbons (Fsp3) is 0.583. The minimum absolute atomic E-state index is 0.293. The van der Waals surface area contributed by atoms with E-state index in [1.165, 1.54) is 5.56 Å². The van der Waals surface area contributed by atoms with Gasteiger partial charge in [0.25, 0.3) is 0 Å². The third kappa shape index (κ3) is 4.19. The first-order valence-electron chi connectivity index (χ1n) is 5.43. The van der Waals surface area contributed by atoms with E-state index in [1.807, 2.05) is 17.8 Å². The third-order valence-electron chi connectivity index (χ3n) is 2.70. The van der Waals surface area contributed by atoms with Crippen molar-refractivity contribution in [1.29, 1.82) is 0 Å². The molecule has 0 saturated carbocycles. The predicted octanol–water partition coefficient (Wildman–Crippen LogP) is 2.77. The molecule has 3 heteroatoms. The van der Waals surface area contributed by atoms with E-state index in [0.29, 0.717) is 12.3 Å². The quantitative estimate of drug-likeness (QED) is 0.732. The number of aliphatic carboxylic acids is 1. The smallest absolute Gasteiger partial charge is 0.303 e. The van der Waals surface area contributed by atoms with Crippen LogP contribution in [0.15, 0.2) is 18.5 Å². The molecule has 0 amide bonds. The van der Waals surface area contributed by atoms with Gasteiger partial charge in [-0.2, -0.15) is 0 Å². The number of carboxylic acid groups (broad SMARTS) is 1. The van der Waals surface area contributed by atoms with E-state index in [4.69, 9.17) is 5.11 Å². The molecule has 1 rings (SSSR count). The van der Waals surface area contributed by atoms with Gasteiger partial charge < -0.3 is 9.67 Å². The molecule has 1 heterocycles. The fourth-order valence-electron chi connectivity index (χ4n) is 1.71. The fourth-order valence-corrected chi connectivity index (χ4v) is 1.71. The Kier molecular flexibility index (Phi) is 4.40. The zero-order chi connectivity index (χ0) is 11.3. The van der Waals surface area contributed by atoms with Crippen molar-refractivity contribution in [3.05, 3.63) is 24.0 Å². The van der Waals surface area contributed by atoms with Gasteiger partial charge in [-0.1, -0.05) is 13.3 Å². The molecular formula is C12H19NO2. The third-order valence-corrected chi connectivity index (χ3v) is 2.70. The molecule has 1 atom stereocenters. The van der Waals surface area contributed by atoms with Crippen molar-refractivity contribution in [3.63, 3.8) is 0 Å². The molecule has 0 radical (unpaired) electrons. The van der Waals surface area contributed by atoms with E-state index >= 15 is 0 Å². The van der Waals surface area contributed by atoms with Crippen LogP contribution in [-0.4, -0.2) is 15.6 Å². The summed E-state index contributed by atoms with van der Waals surface area (Å²) in [5.41, 5.74) is 1.34. The predicted molar refractivity (Wildman–Crippen MR) is 59.9 cm³/mol. The summed E-state index contributed by atoms with van der Waals surface area (Å²) in [6, 6.07) is 2.13. The zero-order valence-electron chi connectivity index (χ0n) is 9.44. The molecular weight excluding hydrogens is 190 g/mol. The maximum atomic E-state index is 10.3. The van der Waals surface area contributed by atoms with E-state index in [-0.39, 0.29) is 0 Å². The average molecular weight is 209 g/mol. The number of carboxylic acids is 1. The van der Waals surface area contributed by atoms with Crippen LogP contribution in [0.5, 0.6) is 0 Å². The Morgan fingerprint density at radius 1 is 1.53 bits per heavy atom. The van der Waals surface area contributed by atoms with E-state index in [9.17, 15) is 4.79 Å². The molecule has 0 aliphatic heterocycles. The highest BCUT2D eigenvalue weighted by Gasteiger charge is 2.06. The first kappa shape index (κ1) is 11.8. The largest absolute Gasteiger partial charge is 0.481 e. The molecule has 84 valence electrons. The summed E-state index contributed by atoms with van der Waals surface area (Å²) in [6.45, 7) is 2.19. The van der Waals surface area contributed by atoms with Crippen molar-refractivity contribution >= 4 is 5.97 Å². The Labute approximate surface area is 90.7 Å². The summed E-state index contributed by atoms with van der Waals surface area (Å²) < 4.78 is 2.04. The van der Waals surface area contributed by atoms with Crippen LogP contribution in [0.25, 0.3) is 0 Å². The van der Waals surface area contributed by atoms with Gasteiger partial charge in [-0.3, -0.25) is 4.79 Å². The maximum absolute atomic E-state index is 10.3. The lowest BCUT2D eigenvalue weighted by Crippen LogP contribution is -1.96. The lowest BCUT2D eigenvalue weighted by Gasteiger charge is -2.08. The number of nitrogens with zero attached hydrogens (tertiary/aromatic N) is 1. The summed E-state index contributed by atoms with van der Waals surface area (Å²) in [4.78, 5) is 10.3. The Morgan fingerprint density at radius 2 is 2.27 bits per heavy atom. The zero-order valence-corrected chi connectivity index (χ0v) is 9.44. The molecule has 1 N–H and O–H groups in total. The van der Waals surface area contributed by atoms with Crippen LogP contribution in [-0.2, 0) is 11.8 Å². The van der Waals surface area contributed by atoms with E-state index < -0.39 is 5.97 Å². The van der Waals surface area contributed by atoms with Crippen molar-refractivity contribution < 1.29 is 9.90 Å². The average Bonchev–Trinajstić information content (AvgIpc) is 2.59. The lowest BCUT2D eigenvalue weighted by atomic mass is 9.97.